The Morgan fingerprint density at radius 3 is 2.38 bits per heavy atom. The maximum atomic E-state index is 9.19. The summed E-state index contributed by atoms with van der Waals surface area (Å²) < 4.78 is 0. The van der Waals surface area contributed by atoms with Gasteiger partial charge in [-0.05, 0) is 25.0 Å². The van der Waals surface area contributed by atoms with Crippen LogP contribution in [0.5, 0.6) is 0 Å². The number of benzene rings is 1. The van der Waals surface area contributed by atoms with Crippen molar-refractivity contribution in [3.8, 4) is 0 Å². The van der Waals surface area contributed by atoms with Crippen molar-refractivity contribution in [2.24, 2.45) is 0 Å². The molecule has 2 rings (SSSR count). The molecule has 0 spiro atoms. The van der Waals surface area contributed by atoms with Crippen LogP contribution in [0.2, 0.25) is 0 Å². The Balaban J connectivity index is 2.09. The van der Waals surface area contributed by atoms with Crippen LogP contribution >= 0.6 is 0 Å². The zero-order chi connectivity index (χ0) is 11.2. The van der Waals surface area contributed by atoms with E-state index in [1.165, 1.54) is 37.8 Å². The summed E-state index contributed by atoms with van der Waals surface area (Å²) >= 11 is 0. The lowest BCUT2D eigenvalue weighted by atomic mass is 9.94. The first kappa shape index (κ1) is 11.5. The Kier molecular flexibility index (Phi) is 4.23. The predicted molar refractivity (Wildman–Crippen MR) is 67.7 cm³/mol. The molecular weight excluding hydrogens is 198 g/mol. The van der Waals surface area contributed by atoms with E-state index in [1.807, 2.05) is 6.07 Å². The summed E-state index contributed by atoms with van der Waals surface area (Å²) in [5.74, 6) is 0. The van der Waals surface area contributed by atoms with Gasteiger partial charge in [-0.25, -0.2) is 0 Å². The van der Waals surface area contributed by atoms with E-state index in [0.29, 0.717) is 6.04 Å². The van der Waals surface area contributed by atoms with Crippen LogP contribution in [-0.4, -0.2) is 24.3 Å². The van der Waals surface area contributed by atoms with Crippen LogP contribution in [0.4, 0.5) is 5.69 Å². The number of para-hydroxylation sites is 1. The van der Waals surface area contributed by atoms with E-state index in [-0.39, 0.29) is 6.61 Å². The summed E-state index contributed by atoms with van der Waals surface area (Å²) in [7, 11) is 0. The number of aliphatic hydroxyl groups excluding tert-OH is 1. The van der Waals surface area contributed by atoms with E-state index in [4.69, 9.17) is 0 Å². The third-order valence-corrected chi connectivity index (χ3v) is 3.44. The minimum atomic E-state index is 0.241. The zero-order valence-electron chi connectivity index (χ0n) is 9.81. The quantitative estimate of drug-likeness (QED) is 0.841. The average molecular weight is 219 g/mol. The van der Waals surface area contributed by atoms with E-state index < -0.39 is 0 Å². The number of nitrogens with zero attached hydrogens (tertiary/aromatic N) is 1. The highest BCUT2D eigenvalue weighted by Gasteiger charge is 2.20. The lowest BCUT2D eigenvalue weighted by Crippen LogP contribution is -2.38. The van der Waals surface area contributed by atoms with Crippen molar-refractivity contribution in [1.82, 2.24) is 0 Å². The standard InChI is InChI=1S/C14H21NO/c16-12-11-15(13-7-3-1-4-8-13)14-9-5-2-6-10-14/h1,3-4,7-8,14,16H,2,5-6,9-12H2. The summed E-state index contributed by atoms with van der Waals surface area (Å²) in [4.78, 5) is 2.37. The molecule has 0 aliphatic heterocycles. The second kappa shape index (κ2) is 5.90. The Bertz CT molecular complexity index is 293. The molecule has 2 heteroatoms. The molecule has 2 nitrogen and oxygen atoms in total. The Labute approximate surface area is 97.9 Å². The summed E-state index contributed by atoms with van der Waals surface area (Å²) in [5.41, 5.74) is 1.25. The summed E-state index contributed by atoms with van der Waals surface area (Å²) in [5, 5.41) is 9.19. The molecule has 1 aromatic rings. The molecule has 0 amide bonds. The fourth-order valence-electron chi connectivity index (χ4n) is 2.64. The molecular formula is C14H21NO. The summed E-state index contributed by atoms with van der Waals surface area (Å²) in [6, 6.07) is 11.1. The minimum Gasteiger partial charge on any atom is -0.395 e. The molecule has 1 N–H and O–H groups in total. The fraction of sp³-hybridized carbons (Fsp3) is 0.571. The molecule has 1 aliphatic rings. The van der Waals surface area contributed by atoms with Gasteiger partial charge in [0.1, 0.15) is 0 Å². The van der Waals surface area contributed by atoms with Crippen molar-refractivity contribution in [2.75, 3.05) is 18.1 Å². The molecule has 0 atom stereocenters. The molecule has 0 radical (unpaired) electrons. The normalized spacial score (nSPS) is 17.3. The number of aliphatic hydroxyl groups is 1. The highest BCUT2D eigenvalue weighted by atomic mass is 16.3. The fourth-order valence-corrected chi connectivity index (χ4v) is 2.64. The Hall–Kier alpha value is -1.02. The summed E-state index contributed by atoms with van der Waals surface area (Å²) in [6.07, 6.45) is 6.58. The molecule has 0 aromatic heterocycles. The lowest BCUT2D eigenvalue weighted by molar-refractivity contribution is 0.290. The van der Waals surface area contributed by atoms with Gasteiger partial charge in [-0.15, -0.1) is 0 Å². The van der Waals surface area contributed by atoms with Crippen LogP contribution in [0.3, 0.4) is 0 Å². The molecule has 1 aromatic carbocycles. The second-order valence-electron chi connectivity index (χ2n) is 4.54. The second-order valence-corrected chi connectivity index (χ2v) is 4.54. The van der Waals surface area contributed by atoms with Crippen molar-refractivity contribution in [2.45, 2.75) is 38.1 Å². The van der Waals surface area contributed by atoms with Crippen LogP contribution in [0.25, 0.3) is 0 Å². The van der Waals surface area contributed by atoms with Gasteiger partial charge in [0, 0.05) is 18.3 Å². The smallest absolute Gasteiger partial charge is 0.0606 e. The number of anilines is 1. The van der Waals surface area contributed by atoms with Crippen molar-refractivity contribution in [3.63, 3.8) is 0 Å². The van der Waals surface area contributed by atoms with E-state index in [1.54, 1.807) is 0 Å². The first-order valence-corrected chi connectivity index (χ1v) is 6.34. The lowest BCUT2D eigenvalue weighted by Gasteiger charge is -2.35. The van der Waals surface area contributed by atoms with Crippen LogP contribution in [-0.2, 0) is 0 Å². The maximum absolute atomic E-state index is 9.19. The number of rotatable bonds is 4. The third-order valence-electron chi connectivity index (χ3n) is 3.44. The first-order chi connectivity index (χ1) is 7.92. The van der Waals surface area contributed by atoms with Gasteiger partial charge < -0.3 is 10.0 Å². The van der Waals surface area contributed by atoms with Crippen molar-refractivity contribution in [1.29, 1.82) is 0 Å². The van der Waals surface area contributed by atoms with Gasteiger partial charge in [0.05, 0.1) is 6.61 Å². The molecule has 1 aliphatic carbocycles. The molecule has 88 valence electrons. The zero-order valence-corrected chi connectivity index (χ0v) is 9.81. The van der Waals surface area contributed by atoms with Gasteiger partial charge >= 0.3 is 0 Å². The van der Waals surface area contributed by atoms with Gasteiger partial charge in [-0.2, -0.15) is 0 Å². The Morgan fingerprint density at radius 2 is 1.75 bits per heavy atom. The van der Waals surface area contributed by atoms with Crippen molar-refractivity contribution < 1.29 is 5.11 Å². The average Bonchev–Trinajstić information content (AvgIpc) is 2.38. The molecule has 0 bridgehead atoms. The topological polar surface area (TPSA) is 23.5 Å². The Morgan fingerprint density at radius 1 is 1.06 bits per heavy atom. The number of hydrogen-bond acceptors (Lipinski definition) is 2. The maximum Gasteiger partial charge on any atom is 0.0606 e. The van der Waals surface area contributed by atoms with Gasteiger partial charge in [0.25, 0.3) is 0 Å². The van der Waals surface area contributed by atoms with Crippen LogP contribution in [0, 0.1) is 0 Å². The molecule has 0 heterocycles. The molecule has 1 saturated carbocycles. The van der Waals surface area contributed by atoms with Gasteiger partial charge in [0.2, 0.25) is 0 Å². The van der Waals surface area contributed by atoms with E-state index in [2.05, 4.69) is 29.2 Å². The van der Waals surface area contributed by atoms with Crippen molar-refractivity contribution in [3.05, 3.63) is 30.3 Å². The monoisotopic (exact) mass is 219 g/mol. The molecule has 1 fully saturated rings. The van der Waals surface area contributed by atoms with E-state index in [9.17, 15) is 5.11 Å². The minimum absolute atomic E-state index is 0.241. The van der Waals surface area contributed by atoms with Crippen LogP contribution in [0.1, 0.15) is 32.1 Å². The highest BCUT2D eigenvalue weighted by molar-refractivity contribution is 5.47. The van der Waals surface area contributed by atoms with E-state index >= 15 is 0 Å². The molecule has 16 heavy (non-hydrogen) atoms. The van der Waals surface area contributed by atoms with Gasteiger partial charge in [-0.3, -0.25) is 0 Å². The van der Waals surface area contributed by atoms with Crippen LogP contribution < -0.4 is 4.90 Å². The van der Waals surface area contributed by atoms with Gasteiger partial charge in [0.15, 0.2) is 0 Å². The first-order valence-electron chi connectivity index (χ1n) is 6.34. The van der Waals surface area contributed by atoms with E-state index in [0.717, 1.165) is 6.54 Å². The SMILES string of the molecule is OCCN(c1ccccc1)C1CCCCC1. The summed E-state index contributed by atoms with van der Waals surface area (Å²) in [6.45, 7) is 1.00. The largest absolute Gasteiger partial charge is 0.395 e. The highest BCUT2D eigenvalue weighted by Crippen LogP contribution is 2.26. The predicted octanol–water partition coefficient (Wildman–Crippen LogP) is 2.82. The van der Waals surface area contributed by atoms with Crippen molar-refractivity contribution >= 4 is 5.69 Å². The van der Waals surface area contributed by atoms with Gasteiger partial charge in [-0.1, -0.05) is 37.5 Å². The number of hydrogen-bond donors (Lipinski definition) is 1. The van der Waals surface area contributed by atoms with Crippen LogP contribution in [0.15, 0.2) is 30.3 Å². The molecule has 0 unspecified atom stereocenters. The third kappa shape index (κ3) is 2.76. The molecule has 0 saturated heterocycles.